The Morgan fingerprint density at radius 1 is 1.56 bits per heavy atom. The van der Waals surface area contributed by atoms with Crippen LogP contribution in [-0.2, 0) is 4.79 Å². The first-order valence-corrected chi connectivity index (χ1v) is 2.26. The molecular formula is C6H10O3. The van der Waals surface area contributed by atoms with Crippen LogP contribution in [0.4, 0.5) is 0 Å². The third kappa shape index (κ3) is 45.7. The summed E-state index contributed by atoms with van der Waals surface area (Å²) in [5.41, 5.74) is 0. The fourth-order valence-electron chi connectivity index (χ4n) is 0. The smallest absolute Gasteiger partial charge is 0.327 e. The second-order valence-corrected chi connectivity index (χ2v) is 1.01. The lowest BCUT2D eigenvalue weighted by Gasteiger charge is -1.64. The molecule has 0 aliphatic heterocycles. The largest absolute Gasteiger partial charge is 0.478 e. The third-order valence-corrected chi connectivity index (χ3v) is 0.304. The molecule has 52 valence electrons. The van der Waals surface area contributed by atoms with Crippen LogP contribution in [0.15, 0.2) is 25.3 Å². The normalized spacial score (nSPS) is 6.33. The van der Waals surface area contributed by atoms with Gasteiger partial charge in [0.05, 0.1) is 6.61 Å². The van der Waals surface area contributed by atoms with Crippen molar-refractivity contribution in [2.75, 3.05) is 6.61 Å². The minimum atomic E-state index is -0.981. The number of carboxylic acids is 1. The van der Waals surface area contributed by atoms with E-state index in [1.165, 1.54) is 6.08 Å². The number of carbonyl (C=O) groups is 1. The molecule has 0 atom stereocenters. The maximum absolute atomic E-state index is 9.25. The lowest BCUT2D eigenvalue weighted by molar-refractivity contribution is -0.131. The first-order chi connectivity index (χ1) is 4.18. The molecule has 0 heterocycles. The van der Waals surface area contributed by atoms with Gasteiger partial charge in [-0.15, -0.1) is 6.58 Å². The number of aliphatic carboxylic acids is 1. The van der Waals surface area contributed by atoms with Crippen LogP contribution in [0, 0.1) is 0 Å². The summed E-state index contributed by atoms with van der Waals surface area (Å²) in [6.07, 6.45) is 2.26. The van der Waals surface area contributed by atoms with E-state index in [0.717, 1.165) is 6.08 Å². The molecule has 2 N–H and O–H groups in total. The van der Waals surface area contributed by atoms with Crippen LogP contribution in [0.3, 0.4) is 0 Å². The van der Waals surface area contributed by atoms with Gasteiger partial charge in [0, 0.05) is 6.08 Å². The molecule has 0 fully saturated rings. The van der Waals surface area contributed by atoms with Crippen LogP contribution in [-0.4, -0.2) is 22.8 Å². The Kier molecular flexibility index (Phi) is 12.0. The minimum Gasteiger partial charge on any atom is -0.478 e. The Labute approximate surface area is 53.9 Å². The Bertz CT molecular complexity index is 96.5. The quantitative estimate of drug-likeness (QED) is 0.420. The van der Waals surface area contributed by atoms with Crippen molar-refractivity contribution in [2.24, 2.45) is 0 Å². The summed E-state index contributed by atoms with van der Waals surface area (Å²) in [5, 5.41) is 15.4. The lowest BCUT2D eigenvalue weighted by Crippen LogP contribution is -1.82. The summed E-state index contributed by atoms with van der Waals surface area (Å²) >= 11 is 0. The fraction of sp³-hybridized carbons (Fsp3) is 0.167. The van der Waals surface area contributed by atoms with Crippen molar-refractivity contribution in [1.82, 2.24) is 0 Å². The summed E-state index contributed by atoms with van der Waals surface area (Å²) < 4.78 is 0. The zero-order valence-electron chi connectivity index (χ0n) is 5.08. The minimum absolute atomic E-state index is 0.0833. The molecule has 0 aliphatic carbocycles. The van der Waals surface area contributed by atoms with Gasteiger partial charge in [0.2, 0.25) is 0 Å². The van der Waals surface area contributed by atoms with Crippen molar-refractivity contribution < 1.29 is 15.0 Å². The number of rotatable bonds is 2. The van der Waals surface area contributed by atoms with Crippen molar-refractivity contribution in [3.8, 4) is 0 Å². The van der Waals surface area contributed by atoms with Gasteiger partial charge in [-0.05, 0) is 0 Å². The average molecular weight is 130 g/mol. The van der Waals surface area contributed by atoms with E-state index < -0.39 is 5.97 Å². The molecule has 0 aromatic rings. The van der Waals surface area contributed by atoms with Gasteiger partial charge >= 0.3 is 5.97 Å². The molecule has 0 amide bonds. The molecule has 0 aromatic heterocycles. The molecule has 0 bridgehead atoms. The zero-order chi connectivity index (χ0) is 7.70. The number of aliphatic hydroxyl groups excluding tert-OH is 1. The highest BCUT2D eigenvalue weighted by atomic mass is 16.4. The molecule has 0 aromatic carbocycles. The van der Waals surface area contributed by atoms with Gasteiger partial charge in [0.25, 0.3) is 0 Å². The maximum atomic E-state index is 9.25. The number of hydrogen-bond donors (Lipinski definition) is 2. The average Bonchev–Trinajstić information content (AvgIpc) is 1.89. The molecule has 0 saturated heterocycles. The van der Waals surface area contributed by atoms with Crippen molar-refractivity contribution in [1.29, 1.82) is 0 Å². The van der Waals surface area contributed by atoms with Gasteiger partial charge in [0.1, 0.15) is 0 Å². The predicted molar refractivity (Wildman–Crippen MR) is 35.1 cm³/mol. The summed E-state index contributed by atoms with van der Waals surface area (Å²) in [7, 11) is 0. The van der Waals surface area contributed by atoms with Crippen LogP contribution in [0.2, 0.25) is 0 Å². The molecule has 0 rings (SSSR count). The first kappa shape index (κ1) is 10.8. The summed E-state index contributed by atoms with van der Waals surface area (Å²) in [4.78, 5) is 9.25. The highest BCUT2D eigenvalue weighted by Crippen LogP contribution is 1.54. The van der Waals surface area contributed by atoms with Crippen molar-refractivity contribution >= 4 is 5.97 Å². The van der Waals surface area contributed by atoms with E-state index in [-0.39, 0.29) is 6.61 Å². The maximum Gasteiger partial charge on any atom is 0.327 e. The van der Waals surface area contributed by atoms with Crippen LogP contribution in [0.1, 0.15) is 0 Å². The van der Waals surface area contributed by atoms with Crippen LogP contribution in [0.25, 0.3) is 0 Å². The molecule has 3 heteroatoms. The molecular weight excluding hydrogens is 120 g/mol. The molecule has 9 heavy (non-hydrogen) atoms. The van der Waals surface area contributed by atoms with E-state index in [9.17, 15) is 4.79 Å². The highest BCUT2D eigenvalue weighted by Gasteiger charge is 1.73. The first-order valence-electron chi connectivity index (χ1n) is 2.26. The Hall–Kier alpha value is -1.09. The van der Waals surface area contributed by atoms with Crippen LogP contribution < -0.4 is 0 Å². The molecule has 0 spiro atoms. The second kappa shape index (κ2) is 10.0. The molecule has 0 saturated carbocycles. The Morgan fingerprint density at radius 2 is 1.78 bits per heavy atom. The monoisotopic (exact) mass is 130 g/mol. The van der Waals surface area contributed by atoms with Crippen molar-refractivity contribution in [2.45, 2.75) is 0 Å². The molecule has 0 unspecified atom stereocenters. The molecule has 0 aliphatic rings. The van der Waals surface area contributed by atoms with Crippen LogP contribution in [0.5, 0.6) is 0 Å². The van der Waals surface area contributed by atoms with E-state index in [2.05, 4.69) is 13.2 Å². The molecule has 3 nitrogen and oxygen atoms in total. The molecule has 0 radical (unpaired) electrons. The van der Waals surface area contributed by atoms with Gasteiger partial charge < -0.3 is 10.2 Å². The van der Waals surface area contributed by atoms with Crippen LogP contribution >= 0.6 is 0 Å². The van der Waals surface area contributed by atoms with Gasteiger partial charge in [0.15, 0.2) is 0 Å². The lowest BCUT2D eigenvalue weighted by atomic mass is 10.7. The number of hydrogen-bond acceptors (Lipinski definition) is 2. The highest BCUT2D eigenvalue weighted by molar-refractivity contribution is 5.78. The van der Waals surface area contributed by atoms with Crippen molar-refractivity contribution in [3.63, 3.8) is 0 Å². The summed E-state index contributed by atoms with van der Waals surface area (Å²) in [6.45, 7) is 6.27. The van der Waals surface area contributed by atoms with Crippen molar-refractivity contribution in [3.05, 3.63) is 25.3 Å². The third-order valence-electron chi connectivity index (χ3n) is 0.304. The predicted octanol–water partition coefficient (Wildman–Crippen LogP) is 0.422. The number of aliphatic hydroxyl groups is 1. The van der Waals surface area contributed by atoms with Gasteiger partial charge in [-0.1, -0.05) is 12.7 Å². The summed E-state index contributed by atoms with van der Waals surface area (Å²) in [5.74, 6) is -0.981. The fourth-order valence-corrected chi connectivity index (χ4v) is 0. The SMILES string of the molecule is C=CC(=O)O.C=CCO. The number of carboxylic acid groups (broad SMARTS) is 1. The van der Waals surface area contributed by atoms with Gasteiger partial charge in [-0.2, -0.15) is 0 Å². The van der Waals surface area contributed by atoms with E-state index in [0.29, 0.717) is 0 Å². The topological polar surface area (TPSA) is 57.5 Å². The second-order valence-electron chi connectivity index (χ2n) is 1.01. The zero-order valence-corrected chi connectivity index (χ0v) is 5.08. The Morgan fingerprint density at radius 3 is 1.78 bits per heavy atom. The van der Waals surface area contributed by atoms with E-state index in [4.69, 9.17) is 10.2 Å². The van der Waals surface area contributed by atoms with E-state index in [1.807, 2.05) is 0 Å². The Balaban J connectivity index is 0. The van der Waals surface area contributed by atoms with E-state index >= 15 is 0 Å². The van der Waals surface area contributed by atoms with Gasteiger partial charge in [-0.25, -0.2) is 4.79 Å². The van der Waals surface area contributed by atoms with Gasteiger partial charge in [-0.3, -0.25) is 0 Å². The summed E-state index contributed by atoms with van der Waals surface area (Å²) in [6, 6.07) is 0. The standard InChI is InChI=1S/C3H4O2.C3H6O/c1-2-3(4)5;1-2-3-4/h2H,1H2,(H,4,5);2,4H,1,3H2. The van der Waals surface area contributed by atoms with E-state index in [1.54, 1.807) is 0 Å².